The van der Waals surface area contributed by atoms with Crippen LogP contribution in [-0.2, 0) is 13.0 Å². The largest absolute Gasteiger partial charge is 0.497 e. The molecule has 3 heteroatoms. The van der Waals surface area contributed by atoms with Gasteiger partial charge in [-0.1, -0.05) is 36.4 Å². The molecule has 1 heterocycles. The van der Waals surface area contributed by atoms with E-state index in [2.05, 4.69) is 36.4 Å². The van der Waals surface area contributed by atoms with Crippen LogP contribution in [0.3, 0.4) is 0 Å². The minimum Gasteiger partial charge on any atom is -0.497 e. The van der Waals surface area contributed by atoms with Gasteiger partial charge >= 0.3 is 0 Å². The Kier molecular flexibility index (Phi) is 4.54. The van der Waals surface area contributed by atoms with E-state index in [9.17, 15) is 4.79 Å². The molecule has 134 valence electrons. The Bertz CT molecular complexity index is 824. The maximum absolute atomic E-state index is 13.2. The van der Waals surface area contributed by atoms with Crippen molar-refractivity contribution in [1.29, 1.82) is 0 Å². The summed E-state index contributed by atoms with van der Waals surface area (Å²) < 4.78 is 5.22. The number of fused-ring (bicyclic) bond motifs is 1. The van der Waals surface area contributed by atoms with E-state index >= 15 is 0 Å². The van der Waals surface area contributed by atoms with Crippen LogP contribution in [0, 0.1) is 5.41 Å². The number of hydrogen-bond donors (Lipinski definition) is 0. The lowest BCUT2D eigenvalue weighted by Crippen LogP contribution is -2.40. The maximum Gasteiger partial charge on any atom is 0.254 e. The first kappa shape index (κ1) is 16.9. The van der Waals surface area contributed by atoms with Crippen molar-refractivity contribution < 1.29 is 9.53 Å². The molecule has 1 unspecified atom stereocenters. The number of rotatable bonds is 2. The van der Waals surface area contributed by atoms with Crippen molar-refractivity contribution in [2.75, 3.05) is 13.7 Å². The summed E-state index contributed by atoms with van der Waals surface area (Å²) in [7, 11) is 1.64. The number of nitrogens with zero attached hydrogens (tertiary/aromatic N) is 1. The lowest BCUT2D eigenvalue weighted by Gasteiger charge is -2.36. The Morgan fingerprint density at radius 2 is 1.85 bits per heavy atom. The third-order valence-corrected chi connectivity index (χ3v) is 5.67. The summed E-state index contributed by atoms with van der Waals surface area (Å²) in [5.41, 5.74) is 3.43. The van der Waals surface area contributed by atoms with Crippen LogP contribution in [0.4, 0.5) is 0 Å². The molecule has 0 saturated heterocycles. The van der Waals surface area contributed by atoms with Gasteiger partial charge in [-0.3, -0.25) is 4.79 Å². The van der Waals surface area contributed by atoms with Crippen molar-refractivity contribution in [1.82, 2.24) is 4.90 Å². The zero-order valence-corrected chi connectivity index (χ0v) is 15.3. The SMILES string of the molecule is COc1ccc(C(=O)N2Cc3ccccc3CC3(C=CCCC3)C2)cc1. The second-order valence-electron chi connectivity index (χ2n) is 7.49. The molecule has 0 fully saturated rings. The summed E-state index contributed by atoms with van der Waals surface area (Å²) in [6, 6.07) is 16.0. The number of benzene rings is 2. The van der Waals surface area contributed by atoms with E-state index in [0.29, 0.717) is 6.54 Å². The Morgan fingerprint density at radius 3 is 2.54 bits per heavy atom. The van der Waals surface area contributed by atoms with Crippen LogP contribution >= 0.6 is 0 Å². The molecular formula is C23H25NO2. The van der Waals surface area contributed by atoms with E-state index in [-0.39, 0.29) is 11.3 Å². The highest BCUT2D eigenvalue weighted by molar-refractivity contribution is 5.94. The van der Waals surface area contributed by atoms with Crippen molar-refractivity contribution >= 4 is 5.91 Å². The Labute approximate surface area is 155 Å². The predicted molar refractivity (Wildman–Crippen MR) is 103 cm³/mol. The first-order valence-corrected chi connectivity index (χ1v) is 9.37. The maximum atomic E-state index is 13.2. The molecule has 0 saturated carbocycles. The van der Waals surface area contributed by atoms with E-state index in [1.807, 2.05) is 29.2 Å². The van der Waals surface area contributed by atoms with Gasteiger partial charge in [0, 0.05) is 24.1 Å². The fraction of sp³-hybridized carbons (Fsp3) is 0.348. The first-order chi connectivity index (χ1) is 12.7. The molecular weight excluding hydrogens is 322 g/mol. The van der Waals surface area contributed by atoms with Crippen LogP contribution < -0.4 is 4.74 Å². The molecule has 2 aromatic carbocycles. The zero-order chi connectivity index (χ0) is 18.0. The third kappa shape index (κ3) is 3.26. The van der Waals surface area contributed by atoms with Gasteiger partial charge in [0.25, 0.3) is 5.91 Å². The van der Waals surface area contributed by atoms with Gasteiger partial charge in [0.15, 0.2) is 0 Å². The topological polar surface area (TPSA) is 29.5 Å². The van der Waals surface area contributed by atoms with Gasteiger partial charge in [-0.15, -0.1) is 0 Å². The van der Waals surface area contributed by atoms with Crippen molar-refractivity contribution in [2.24, 2.45) is 5.41 Å². The Hall–Kier alpha value is -2.55. The summed E-state index contributed by atoms with van der Waals surface area (Å²) >= 11 is 0. The quantitative estimate of drug-likeness (QED) is 0.742. The van der Waals surface area contributed by atoms with Crippen LogP contribution in [0.1, 0.15) is 40.7 Å². The molecule has 2 aromatic rings. The van der Waals surface area contributed by atoms with E-state index in [0.717, 1.165) is 37.1 Å². The molecule has 2 aliphatic rings. The minimum absolute atomic E-state index is 0.0625. The lowest BCUT2D eigenvalue weighted by molar-refractivity contribution is 0.0678. The monoisotopic (exact) mass is 347 g/mol. The molecule has 26 heavy (non-hydrogen) atoms. The van der Waals surface area contributed by atoms with Crippen molar-refractivity contribution in [3.63, 3.8) is 0 Å². The fourth-order valence-corrected chi connectivity index (χ4v) is 4.29. The normalized spacial score (nSPS) is 22.0. The van der Waals surface area contributed by atoms with E-state index in [1.54, 1.807) is 7.11 Å². The summed E-state index contributed by atoms with van der Waals surface area (Å²) in [6.45, 7) is 1.46. The average molecular weight is 347 g/mol. The van der Waals surface area contributed by atoms with Gasteiger partial charge in [-0.2, -0.15) is 0 Å². The molecule has 1 aliphatic heterocycles. The van der Waals surface area contributed by atoms with Crippen molar-refractivity contribution in [3.05, 3.63) is 77.4 Å². The molecule has 0 bridgehead atoms. The number of amides is 1. The standard InChI is InChI=1S/C23H25NO2/c1-26-21-11-9-18(10-12-21)22(25)24-16-20-8-4-3-7-19(20)15-23(17-24)13-5-2-6-14-23/h3-5,7-13H,2,6,14-17H2,1H3. The Balaban J connectivity index is 1.69. The molecule has 0 radical (unpaired) electrons. The van der Waals surface area contributed by atoms with Crippen LogP contribution in [0.15, 0.2) is 60.7 Å². The second kappa shape index (κ2) is 6.99. The van der Waals surface area contributed by atoms with Crippen LogP contribution in [0.2, 0.25) is 0 Å². The summed E-state index contributed by atoms with van der Waals surface area (Å²) in [4.78, 5) is 15.3. The number of methoxy groups -OCH3 is 1. The van der Waals surface area contributed by atoms with Crippen molar-refractivity contribution in [3.8, 4) is 5.75 Å². The first-order valence-electron chi connectivity index (χ1n) is 9.37. The highest BCUT2D eigenvalue weighted by atomic mass is 16.5. The number of hydrogen-bond acceptors (Lipinski definition) is 2. The third-order valence-electron chi connectivity index (χ3n) is 5.67. The van der Waals surface area contributed by atoms with Gasteiger partial charge < -0.3 is 9.64 Å². The van der Waals surface area contributed by atoms with Gasteiger partial charge in [-0.05, 0) is 61.1 Å². The Morgan fingerprint density at radius 1 is 1.08 bits per heavy atom. The molecule has 1 atom stereocenters. The predicted octanol–water partition coefficient (Wildman–Crippen LogP) is 4.62. The number of allylic oxidation sites excluding steroid dienone is 1. The van der Waals surface area contributed by atoms with Crippen LogP contribution in [-0.4, -0.2) is 24.5 Å². The van der Waals surface area contributed by atoms with E-state index < -0.39 is 0 Å². The van der Waals surface area contributed by atoms with E-state index in [4.69, 9.17) is 4.74 Å². The van der Waals surface area contributed by atoms with Gasteiger partial charge in [0.2, 0.25) is 0 Å². The molecule has 1 aliphatic carbocycles. The molecule has 1 spiro atoms. The molecule has 3 nitrogen and oxygen atoms in total. The van der Waals surface area contributed by atoms with Gasteiger partial charge in [-0.25, -0.2) is 0 Å². The fourth-order valence-electron chi connectivity index (χ4n) is 4.29. The smallest absolute Gasteiger partial charge is 0.254 e. The second-order valence-corrected chi connectivity index (χ2v) is 7.49. The summed E-state index contributed by atoms with van der Waals surface area (Å²) in [5.74, 6) is 0.872. The number of ether oxygens (including phenoxy) is 1. The highest BCUT2D eigenvalue weighted by Gasteiger charge is 2.36. The molecule has 4 rings (SSSR count). The summed E-state index contributed by atoms with van der Waals surface area (Å²) in [6.07, 6.45) is 9.18. The van der Waals surface area contributed by atoms with Gasteiger partial charge in [0.1, 0.15) is 5.75 Å². The highest BCUT2D eigenvalue weighted by Crippen LogP contribution is 2.39. The molecule has 0 N–H and O–H groups in total. The number of carbonyl (C=O) groups excluding carboxylic acids is 1. The average Bonchev–Trinajstić information content (AvgIpc) is 2.84. The molecule has 0 aromatic heterocycles. The molecule has 1 amide bonds. The minimum atomic E-state index is 0.0625. The van der Waals surface area contributed by atoms with E-state index in [1.165, 1.54) is 17.5 Å². The van der Waals surface area contributed by atoms with Gasteiger partial charge in [0.05, 0.1) is 7.11 Å². The van der Waals surface area contributed by atoms with Crippen LogP contribution in [0.5, 0.6) is 5.75 Å². The number of carbonyl (C=O) groups is 1. The van der Waals surface area contributed by atoms with Crippen molar-refractivity contribution in [2.45, 2.75) is 32.2 Å². The summed E-state index contributed by atoms with van der Waals surface area (Å²) in [5, 5.41) is 0. The zero-order valence-electron chi connectivity index (χ0n) is 15.3. The lowest BCUT2D eigenvalue weighted by atomic mass is 9.74. The van der Waals surface area contributed by atoms with Crippen LogP contribution in [0.25, 0.3) is 0 Å².